The number of carbonyl (C=O) groups excluding carboxylic acids is 2. The third-order valence-electron chi connectivity index (χ3n) is 4.03. The molecule has 0 saturated carbocycles. The number of aryl methyl sites for hydroxylation is 2. The maximum Gasteiger partial charge on any atom is 0.291 e. The Bertz CT molecular complexity index is 1010. The first-order valence-electron chi connectivity index (χ1n) is 8.57. The van der Waals surface area contributed by atoms with Crippen LogP contribution >= 0.6 is 12.2 Å². The molecule has 28 heavy (non-hydrogen) atoms. The van der Waals surface area contributed by atoms with Crippen LogP contribution in [-0.4, -0.2) is 16.9 Å². The lowest BCUT2D eigenvalue weighted by Crippen LogP contribution is -2.34. The first-order valence-corrected chi connectivity index (χ1v) is 8.98. The maximum atomic E-state index is 12.3. The lowest BCUT2D eigenvalue weighted by atomic mass is 10.1. The van der Waals surface area contributed by atoms with Crippen LogP contribution in [0.25, 0.3) is 0 Å². The first-order chi connectivity index (χ1) is 13.4. The van der Waals surface area contributed by atoms with Crippen molar-refractivity contribution in [1.29, 1.82) is 0 Å². The van der Waals surface area contributed by atoms with Crippen LogP contribution in [0.1, 0.15) is 32.0 Å². The Morgan fingerprint density at radius 2 is 1.68 bits per heavy atom. The van der Waals surface area contributed by atoms with Crippen molar-refractivity contribution in [2.45, 2.75) is 13.8 Å². The molecule has 0 unspecified atom stereocenters. The summed E-state index contributed by atoms with van der Waals surface area (Å²) in [6, 6.07) is 15.8. The maximum absolute atomic E-state index is 12.3. The molecular weight excluding hydrogens is 374 g/mol. The average molecular weight is 393 g/mol. The Kier molecular flexibility index (Phi) is 5.86. The lowest BCUT2D eigenvalue weighted by Gasteiger charge is -2.13. The minimum absolute atomic E-state index is 0.170. The molecule has 0 atom stereocenters. The molecule has 0 aliphatic heterocycles. The average Bonchev–Trinajstić information content (AvgIpc) is 3.20. The van der Waals surface area contributed by atoms with Gasteiger partial charge in [0.1, 0.15) is 0 Å². The molecule has 0 spiro atoms. The summed E-state index contributed by atoms with van der Waals surface area (Å²) in [5.41, 5.74) is 3.74. The second-order valence-electron chi connectivity index (χ2n) is 6.24. The van der Waals surface area contributed by atoms with Crippen molar-refractivity contribution in [2.24, 2.45) is 0 Å². The Hall–Kier alpha value is -3.45. The second kappa shape index (κ2) is 8.49. The zero-order valence-corrected chi connectivity index (χ0v) is 16.2. The van der Waals surface area contributed by atoms with Crippen molar-refractivity contribution < 1.29 is 14.0 Å². The Labute approximate surface area is 167 Å². The van der Waals surface area contributed by atoms with Gasteiger partial charge in [-0.1, -0.05) is 23.8 Å². The zero-order valence-electron chi connectivity index (χ0n) is 15.4. The van der Waals surface area contributed by atoms with E-state index in [0.717, 1.165) is 11.1 Å². The molecule has 2 amide bonds. The van der Waals surface area contributed by atoms with Crippen molar-refractivity contribution in [2.75, 3.05) is 10.6 Å². The highest BCUT2D eigenvalue weighted by Crippen LogP contribution is 2.21. The van der Waals surface area contributed by atoms with Gasteiger partial charge < -0.3 is 15.1 Å². The summed E-state index contributed by atoms with van der Waals surface area (Å²) in [5, 5.41) is 8.57. The highest BCUT2D eigenvalue weighted by atomic mass is 32.1. The van der Waals surface area contributed by atoms with E-state index < -0.39 is 0 Å². The predicted molar refractivity (Wildman–Crippen MR) is 113 cm³/mol. The number of hydrogen-bond acceptors (Lipinski definition) is 4. The van der Waals surface area contributed by atoms with E-state index in [-0.39, 0.29) is 22.7 Å². The largest absolute Gasteiger partial charge is 0.459 e. The fourth-order valence-corrected chi connectivity index (χ4v) is 2.67. The van der Waals surface area contributed by atoms with E-state index in [9.17, 15) is 9.59 Å². The van der Waals surface area contributed by atoms with E-state index in [1.54, 1.807) is 36.4 Å². The summed E-state index contributed by atoms with van der Waals surface area (Å²) in [7, 11) is 0. The van der Waals surface area contributed by atoms with E-state index in [0.29, 0.717) is 16.9 Å². The van der Waals surface area contributed by atoms with Crippen molar-refractivity contribution in [1.82, 2.24) is 5.32 Å². The molecule has 3 aromatic rings. The predicted octanol–water partition coefficient (Wildman–Crippen LogP) is 4.28. The minimum atomic E-state index is -0.352. The number of amides is 2. The number of anilines is 2. The first kappa shape index (κ1) is 19.3. The number of carbonyl (C=O) groups is 2. The van der Waals surface area contributed by atoms with E-state index in [1.165, 1.54) is 6.26 Å². The molecule has 142 valence electrons. The number of rotatable bonds is 4. The molecule has 1 heterocycles. The smallest absolute Gasteiger partial charge is 0.291 e. The monoisotopic (exact) mass is 393 g/mol. The van der Waals surface area contributed by atoms with E-state index in [1.807, 2.05) is 32.0 Å². The quantitative estimate of drug-likeness (QED) is 0.577. The topological polar surface area (TPSA) is 83.4 Å². The molecule has 0 aliphatic rings. The van der Waals surface area contributed by atoms with Crippen molar-refractivity contribution in [3.63, 3.8) is 0 Å². The summed E-state index contributed by atoms with van der Waals surface area (Å²) >= 11 is 5.25. The van der Waals surface area contributed by atoms with Gasteiger partial charge in [0.2, 0.25) is 0 Å². The standard InChI is InChI=1S/C21H19N3O3S/c1-13-5-8-15(9-6-13)19(25)24-21(28)23-17-12-16(10-7-14(17)2)22-20(26)18-4-3-11-27-18/h3-12H,1-2H3,(H,22,26)(H2,23,24,25,28). The van der Waals surface area contributed by atoms with Crippen LogP contribution in [0, 0.1) is 13.8 Å². The molecule has 3 N–H and O–H groups in total. The summed E-state index contributed by atoms with van der Waals surface area (Å²) in [6.07, 6.45) is 1.44. The molecule has 0 radical (unpaired) electrons. The van der Waals surface area contributed by atoms with Crippen LogP contribution in [0.3, 0.4) is 0 Å². The fraction of sp³-hybridized carbons (Fsp3) is 0.0952. The van der Waals surface area contributed by atoms with Crippen LogP contribution in [-0.2, 0) is 0 Å². The van der Waals surface area contributed by atoms with Crippen LogP contribution in [0.2, 0.25) is 0 Å². The van der Waals surface area contributed by atoms with Gasteiger partial charge in [-0.05, 0) is 68.0 Å². The van der Waals surface area contributed by atoms with Gasteiger partial charge in [-0.15, -0.1) is 0 Å². The number of hydrogen-bond donors (Lipinski definition) is 3. The third-order valence-corrected chi connectivity index (χ3v) is 4.23. The van der Waals surface area contributed by atoms with E-state index in [4.69, 9.17) is 16.6 Å². The second-order valence-corrected chi connectivity index (χ2v) is 6.64. The molecule has 2 aromatic carbocycles. The molecule has 1 aromatic heterocycles. The molecule has 0 saturated heterocycles. The Morgan fingerprint density at radius 3 is 2.36 bits per heavy atom. The Morgan fingerprint density at radius 1 is 0.929 bits per heavy atom. The van der Waals surface area contributed by atoms with Gasteiger partial charge in [-0.3, -0.25) is 14.9 Å². The summed E-state index contributed by atoms with van der Waals surface area (Å²) < 4.78 is 5.08. The Balaban J connectivity index is 1.66. The molecule has 0 bridgehead atoms. The van der Waals surface area contributed by atoms with Crippen LogP contribution in [0.4, 0.5) is 11.4 Å². The molecule has 6 nitrogen and oxygen atoms in total. The van der Waals surface area contributed by atoms with Gasteiger partial charge in [-0.2, -0.15) is 0 Å². The highest BCUT2D eigenvalue weighted by molar-refractivity contribution is 7.80. The summed E-state index contributed by atoms with van der Waals surface area (Å²) in [5.74, 6) is -0.427. The van der Waals surface area contributed by atoms with Gasteiger partial charge in [0.05, 0.1) is 6.26 Å². The fourth-order valence-electron chi connectivity index (χ4n) is 2.47. The number of benzene rings is 2. The molecule has 0 fully saturated rings. The lowest BCUT2D eigenvalue weighted by molar-refractivity contribution is 0.0975. The molecule has 3 rings (SSSR count). The third kappa shape index (κ3) is 4.83. The van der Waals surface area contributed by atoms with Crippen molar-refractivity contribution in [3.8, 4) is 0 Å². The number of thiocarbonyl (C=S) groups is 1. The number of furan rings is 1. The molecule has 7 heteroatoms. The van der Waals surface area contributed by atoms with Gasteiger partial charge in [0.25, 0.3) is 11.8 Å². The zero-order chi connectivity index (χ0) is 20.1. The van der Waals surface area contributed by atoms with Gasteiger partial charge >= 0.3 is 0 Å². The van der Waals surface area contributed by atoms with Gasteiger partial charge in [0, 0.05) is 16.9 Å². The van der Waals surface area contributed by atoms with E-state index in [2.05, 4.69) is 16.0 Å². The van der Waals surface area contributed by atoms with Crippen LogP contribution in [0.15, 0.2) is 65.3 Å². The van der Waals surface area contributed by atoms with Gasteiger partial charge in [-0.25, -0.2) is 0 Å². The molecule has 0 aliphatic carbocycles. The SMILES string of the molecule is Cc1ccc(C(=O)NC(=S)Nc2cc(NC(=O)c3ccco3)ccc2C)cc1. The minimum Gasteiger partial charge on any atom is -0.459 e. The summed E-state index contributed by atoms with van der Waals surface area (Å²) in [6.45, 7) is 3.85. The summed E-state index contributed by atoms with van der Waals surface area (Å²) in [4.78, 5) is 24.4. The van der Waals surface area contributed by atoms with Gasteiger partial charge in [0.15, 0.2) is 10.9 Å². The van der Waals surface area contributed by atoms with Crippen LogP contribution < -0.4 is 16.0 Å². The molecular formula is C21H19N3O3S. The highest BCUT2D eigenvalue weighted by Gasteiger charge is 2.11. The normalized spacial score (nSPS) is 10.2. The van der Waals surface area contributed by atoms with Crippen molar-refractivity contribution >= 4 is 40.5 Å². The van der Waals surface area contributed by atoms with Crippen molar-refractivity contribution in [3.05, 3.63) is 83.3 Å². The van der Waals surface area contributed by atoms with Crippen LogP contribution in [0.5, 0.6) is 0 Å². The van der Waals surface area contributed by atoms with E-state index >= 15 is 0 Å². The number of nitrogens with one attached hydrogen (secondary N) is 3.